The van der Waals surface area contributed by atoms with Gasteiger partial charge in [-0.25, -0.2) is 5.48 Å². The molecule has 0 saturated carbocycles. The fourth-order valence-electron chi connectivity index (χ4n) is 0.674. The Morgan fingerprint density at radius 1 is 1.64 bits per heavy atom. The molecular weight excluding hydrogens is 146 g/mol. The van der Waals surface area contributed by atoms with Crippen LogP contribution in [-0.2, 0) is 0 Å². The molecule has 11 heavy (non-hydrogen) atoms. The summed E-state index contributed by atoms with van der Waals surface area (Å²) in [5.41, 5.74) is 1.43. The molecule has 4 nitrogen and oxygen atoms in total. The van der Waals surface area contributed by atoms with Crippen molar-refractivity contribution in [2.45, 2.75) is 0 Å². The molecule has 0 aliphatic heterocycles. The predicted molar refractivity (Wildman–Crippen MR) is 36.2 cm³/mol. The highest BCUT2D eigenvalue weighted by Gasteiger charge is 2.07. The molecule has 0 aliphatic carbocycles. The van der Waals surface area contributed by atoms with Gasteiger partial charge in [0.1, 0.15) is 5.75 Å². The number of hydrogen-bond acceptors (Lipinski definition) is 3. The number of rotatable bonds is 1. The van der Waals surface area contributed by atoms with Crippen molar-refractivity contribution >= 4 is 5.91 Å². The van der Waals surface area contributed by atoms with Crippen LogP contribution >= 0.6 is 0 Å². The van der Waals surface area contributed by atoms with E-state index in [0.29, 0.717) is 0 Å². The molecule has 1 amide bonds. The van der Waals surface area contributed by atoms with Gasteiger partial charge in [0.05, 0.1) is 5.56 Å². The molecule has 0 aliphatic rings. The van der Waals surface area contributed by atoms with E-state index in [1.807, 2.05) is 0 Å². The van der Waals surface area contributed by atoms with Crippen LogP contribution in [0.15, 0.2) is 18.2 Å². The van der Waals surface area contributed by atoms with Crippen LogP contribution in [0.2, 0.25) is 0 Å². The van der Waals surface area contributed by atoms with E-state index in [9.17, 15) is 4.79 Å². The molecule has 4 heteroatoms. The molecule has 1 aromatic carbocycles. The maximum atomic E-state index is 10.7. The highest BCUT2D eigenvalue weighted by atomic mass is 16.5. The summed E-state index contributed by atoms with van der Waals surface area (Å²) >= 11 is 0. The summed E-state index contributed by atoms with van der Waals surface area (Å²) in [4.78, 5) is 10.7. The van der Waals surface area contributed by atoms with Crippen LogP contribution in [0.25, 0.3) is 0 Å². The zero-order valence-corrected chi connectivity index (χ0v) is 5.53. The third-order valence-electron chi connectivity index (χ3n) is 1.19. The average Bonchev–Trinajstić information content (AvgIpc) is 2.04. The Morgan fingerprint density at radius 3 is 2.91 bits per heavy atom. The molecular formula is C7H6NO3. The number of phenols is 1. The largest absolute Gasteiger partial charge is 0.507 e. The Hall–Kier alpha value is -1.55. The minimum Gasteiger partial charge on any atom is -0.507 e. The minimum absolute atomic E-state index is 0.0197. The Bertz CT molecular complexity index is 272. The van der Waals surface area contributed by atoms with E-state index in [4.69, 9.17) is 10.3 Å². The Labute approximate surface area is 63.1 Å². The standard InChI is InChI=1S/C7H6NO3/c9-6-4-2-1-3-5(6)7(10)8-11/h1,3-4,9,11H,(H,8,10). The third kappa shape index (κ3) is 1.47. The number of amides is 1. The average molecular weight is 152 g/mol. The summed E-state index contributed by atoms with van der Waals surface area (Å²) < 4.78 is 0. The van der Waals surface area contributed by atoms with Gasteiger partial charge in [-0.15, -0.1) is 0 Å². The summed E-state index contributed by atoms with van der Waals surface area (Å²) in [6.45, 7) is 0. The highest BCUT2D eigenvalue weighted by molar-refractivity contribution is 5.95. The molecule has 0 bridgehead atoms. The molecule has 0 aromatic heterocycles. The van der Waals surface area contributed by atoms with Gasteiger partial charge in [0.15, 0.2) is 0 Å². The van der Waals surface area contributed by atoms with Crippen molar-refractivity contribution in [1.82, 2.24) is 5.48 Å². The van der Waals surface area contributed by atoms with Gasteiger partial charge >= 0.3 is 0 Å². The van der Waals surface area contributed by atoms with Crippen molar-refractivity contribution in [3.05, 3.63) is 29.8 Å². The molecule has 1 aromatic rings. The number of hydrogen-bond donors (Lipinski definition) is 3. The molecule has 0 heterocycles. The zero-order chi connectivity index (χ0) is 8.27. The summed E-state index contributed by atoms with van der Waals surface area (Å²) in [5, 5.41) is 17.2. The van der Waals surface area contributed by atoms with E-state index < -0.39 is 5.91 Å². The maximum absolute atomic E-state index is 10.7. The van der Waals surface area contributed by atoms with Crippen molar-refractivity contribution in [2.24, 2.45) is 0 Å². The lowest BCUT2D eigenvalue weighted by Gasteiger charge is -1.99. The first-order valence-electron chi connectivity index (χ1n) is 2.89. The van der Waals surface area contributed by atoms with E-state index in [1.54, 1.807) is 0 Å². The molecule has 1 rings (SSSR count). The first-order valence-corrected chi connectivity index (χ1v) is 2.89. The molecule has 1 radical (unpaired) electrons. The van der Waals surface area contributed by atoms with Crippen molar-refractivity contribution in [2.75, 3.05) is 0 Å². The molecule has 0 unspecified atom stereocenters. The molecule has 0 fully saturated rings. The molecule has 0 saturated heterocycles. The quantitative estimate of drug-likeness (QED) is 0.400. The molecule has 0 spiro atoms. The number of phenolic OH excluding ortho intramolecular Hbond substituents is 1. The lowest BCUT2D eigenvalue weighted by Crippen LogP contribution is -2.18. The van der Waals surface area contributed by atoms with E-state index in [0.717, 1.165) is 0 Å². The van der Waals surface area contributed by atoms with Crippen LogP contribution in [0.4, 0.5) is 0 Å². The van der Waals surface area contributed by atoms with Gasteiger partial charge in [0, 0.05) is 0 Å². The fraction of sp³-hybridized carbons (Fsp3) is 0. The van der Waals surface area contributed by atoms with Gasteiger partial charge in [-0.05, 0) is 18.2 Å². The second kappa shape index (κ2) is 3.03. The van der Waals surface area contributed by atoms with Crippen molar-refractivity contribution in [3.63, 3.8) is 0 Å². The molecule has 0 atom stereocenters. The lowest BCUT2D eigenvalue weighted by atomic mass is 10.2. The van der Waals surface area contributed by atoms with E-state index in [-0.39, 0.29) is 11.3 Å². The summed E-state index contributed by atoms with van der Waals surface area (Å²) in [5.74, 6) is -0.949. The smallest absolute Gasteiger partial charge is 0.278 e. The summed E-state index contributed by atoms with van der Waals surface area (Å²) in [6, 6.07) is 6.62. The van der Waals surface area contributed by atoms with Gasteiger partial charge in [-0.2, -0.15) is 0 Å². The third-order valence-corrected chi connectivity index (χ3v) is 1.19. The number of hydroxylamine groups is 1. The van der Waals surface area contributed by atoms with Gasteiger partial charge < -0.3 is 5.11 Å². The van der Waals surface area contributed by atoms with Crippen LogP contribution in [0.3, 0.4) is 0 Å². The van der Waals surface area contributed by atoms with Crippen LogP contribution in [0.5, 0.6) is 5.75 Å². The highest BCUT2D eigenvalue weighted by Crippen LogP contribution is 2.13. The van der Waals surface area contributed by atoms with Crippen molar-refractivity contribution in [1.29, 1.82) is 0 Å². The van der Waals surface area contributed by atoms with E-state index in [1.165, 1.54) is 23.7 Å². The zero-order valence-electron chi connectivity index (χ0n) is 5.53. The summed E-state index contributed by atoms with van der Waals surface area (Å²) in [6.07, 6.45) is 0. The molecule has 3 N–H and O–H groups in total. The van der Waals surface area contributed by atoms with Crippen LogP contribution in [0, 0.1) is 6.07 Å². The van der Waals surface area contributed by atoms with Crippen molar-refractivity contribution < 1.29 is 15.1 Å². The monoisotopic (exact) mass is 152 g/mol. The summed E-state index contributed by atoms with van der Waals surface area (Å²) in [7, 11) is 0. The maximum Gasteiger partial charge on any atom is 0.278 e. The van der Waals surface area contributed by atoms with Gasteiger partial charge in [-0.1, -0.05) is 6.07 Å². The number of aromatic hydroxyl groups is 1. The van der Waals surface area contributed by atoms with Crippen LogP contribution < -0.4 is 5.48 Å². The topological polar surface area (TPSA) is 69.6 Å². The number of nitrogens with one attached hydrogen (secondary N) is 1. The van der Waals surface area contributed by atoms with E-state index >= 15 is 0 Å². The fourth-order valence-corrected chi connectivity index (χ4v) is 0.674. The van der Waals surface area contributed by atoms with Gasteiger partial charge in [0.2, 0.25) is 0 Å². The van der Waals surface area contributed by atoms with Crippen LogP contribution in [0.1, 0.15) is 10.4 Å². The Kier molecular flexibility index (Phi) is 2.08. The normalized spacial score (nSPS) is 9.18. The number of benzene rings is 1. The predicted octanol–water partition coefficient (Wildman–Crippen LogP) is 0.311. The Balaban J connectivity index is 3.03. The second-order valence-corrected chi connectivity index (χ2v) is 1.88. The number of carbonyl (C=O) groups excluding carboxylic acids is 1. The van der Waals surface area contributed by atoms with Crippen molar-refractivity contribution in [3.8, 4) is 5.75 Å². The van der Waals surface area contributed by atoms with Crippen LogP contribution in [-0.4, -0.2) is 16.2 Å². The number of carbonyl (C=O) groups is 1. The lowest BCUT2D eigenvalue weighted by molar-refractivity contribution is 0.0703. The van der Waals surface area contributed by atoms with Gasteiger partial charge in [-0.3, -0.25) is 10.0 Å². The minimum atomic E-state index is -0.739. The van der Waals surface area contributed by atoms with Gasteiger partial charge in [0.25, 0.3) is 5.91 Å². The SMILES string of the molecule is O=C(NO)c1cc[c]cc1O. The van der Waals surface area contributed by atoms with E-state index in [2.05, 4.69) is 6.07 Å². The second-order valence-electron chi connectivity index (χ2n) is 1.88. The first kappa shape index (κ1) is 7.56. The molecule has 57 valence electrons. The Morgan fingerprint density at radius 2 is 2.36 bits per heavy atom. The first-order chi connectivity index (χ1) is 5.25.